The number of fused-ring (bicyclic) bond motifs is 3. The van der Waals surface area contributed by atoms with Crippen molar-refractivity contribution in [2.24, 2.45) is 0 Å². The summed E-state index contributed by atoms with van der Waals surface area (Å²) in [5, 5.41) is 4.01. The van der Waals surface area contributed by atoms with Crippen LogP contribution in [0.5, 0.6) is 0 Å². The molecule has 1 saturated heterocycles. The standard InChI is InChI=1S/C21H28N4O2S2/c26-18(22-13-6-9-25(10-7-13)14-4-5-14)8-11-28-12-17-23-20(27)19-15-2-1-3-16(15)29-21(19)24-17/h13-14H,1-12H2,(H,22,26)(H,23,24,27). The van der Waals surface area contributed by atoms with Gasteiger partial charge in [0, 0.05) is 42.2 Å². The Morgan fingerprint density at radius 1 is 1.24 bits per heavy atom. The maximum Gasteiger partial charge on any atom is 0.259 e. The third kappa shape index (κ3) is 4.39. The second-order valence-electron chi connectivity index (χ2n) is 8.46. The summed E-state index contributed by atoms with van der Waals surface area (Å²) in [6.45, 7) is 2.25. The molecule has 2 aliphatic carbocycles. The van der Waals surface area contributed by atoms with Crippen LogP contribution in [0, 0.1) is 0 Å². The van der Waals surface area contributed by atoms with E-state index < -0.39 is 0 Å². The Morgan fingerprint density at radius 2 is 2.07 bits per heavy atom. The summed E-state index contributed by atoms with van der Waals surface area (Å²) in [7, 11) is 0. The Bertz CT molecular complexity index is 957. The number of piperidine rings is 1. The summed E-state index contributed by atoms with van der Waals surface area (Å²) in [6, 6.07) is 1.17. The molecule has 156 valence electrons. The lowest BCUT2D eigenvalue weighted by molar-refractivity contribution is -0.121. The second kappa shape index (κ2) is 8.40. The molecule has 3 heterocycles. The molecule has 0 bridgehead atoms. The Hall–Kier alpha value is -1.38. The predicted octanol–water partition coefficient (Wildman–Crippen LogP) is 2.84. The van der Waals surface area contributed by atoms with E-state index in [1.54, 1.807) is 23.1 Å². The highest BCUT2D eigenvalue weighted by Gasteiger charge is 2.32. The van der Waals surface area contributed by atoms with E-state index in [1.807, 2.05) is 0 Å². The number of aromatic amines is 1. The van der Waals surface area contributed by atoms with Crippen LogP contribution in [0.25, 0.3) is 10.2 Å². The smallest absolute Gasteiger partial charge is 0.259 e. The van der Waals surface area contributed by atoms with Gasteiger partial charge in [-0.1, -0.05) is 0 Å². The Kier molecular flexibility index (Phi) is 5.67. The predicted molar refractivity (Wildman–Crippen MR) is 119 cm³/mol. The van der Waals surface area contributed by atoms with Gasteiger partial charge in [0.05, 0.1) is 11.1 Å². The molecule has 0 radical (unpaired) electrons. The van der Waals surface area contributed by atoms with Crippen molar-refractivity contribution in [1.82, 2.24) is 20.2 Å². The molecule has 3 aliphatic rings. The van der Waals surface area contributed by atoms with Crippen molar-refractivity contribution in [2.45, 2.75) is 69.2 Å². The fourth-order valence-corrected chi connectivity index (χ4v) is 6.68. The lowest BCUT2D eigenvalue weighted by atomic mass is 10.0. The molecule has 0 atom stereocenters. The Morgan fingerprint density at radius 3 is 2.86 bits per heavy atom. The highest BCUT2D eigenvalue weighted by molar-refractivity contribution is 7.98. The number of nitrogens with one attached hydrogen (secondary N) is 2. The molecule has 2 fully saturated rings. The molecule has 1 saturated carbocycles. The van der Waals surface area contributed by atoms with Gasteiger partial charge in [0.25, 0.3) is 5.56 Å². The molecular formula is C21H28N4O2S2. The first-order chi connectivity index (χ1) is 14.2. The fraction of sp³-hybridized carbons (Fsp3) is 0.667. The van der Waals surface area contributed by atoms with Gasteiger partial charge < -0.3 is 15.2 Å². The summed E-state index contributed by atoms with van der Waals surface area (Å²) in [4.78, 5) is 37.1. The monoisotopic (exact) mass is 432 g/mol. The number of carbonyl (C=O) groups excluding carboxylic acids is 1. The molecule has 6 nitrogen and oxygen atoms in total. The summed E-state index contributed by atoms with van der Waals surface area (Å²) >= 11 is 3.34. The summed E-state index contributed by atoms with van der Waals surface area (Å²) < 4.78 is 0. The number of thioether (sulfide) groups is 1. The largest absolute Gasteiger partial charge is 0.353 e. The summed E-state index contributed by atoms with van der Waals surface area (Å²) in [6.07, 6.45) is 8.61. The summed E-state index contributed by atoms with van der Waals surface area (Å²) in [5.74, 6) is 2.25. The first-order valence-electron chi connectivity index (χ1n) is 10.8. The Labute approximate surface area is 178 Å². The summed E-state index contributed by atoms with van der Waals surface area (Å²) in [5.41, 5.74) is 1.22. The molecule has 5 rings (SSSR count). The normalized spacial score (nSPS) is 20.3. The van der Waals surface area contributed by atoms with E-state index in [0.29, 0.717) is 18.2 Å². The van der Waals surface area contributed by atoms with Gasteiger partial charge in [-0.05, 0) is 50.5 Å². The molecule has 29 heavy (non-hydrogen) atoms. The van der Waals surface area contributed by atoms with Crippen LogP contribution < -0.4 is 10.9 Å². The van der Waals surface area contributed by atoms with Crippen molar-refractivity contribution in [2.75, 3.05) is 18.8 Å². The molecule has 1 aliphatic heterocycles. The number of thiophene rings is 1. The van der Waals surface area contributed by atoms with Gasteiger partial charge in [-0.3, -0.25) is 9.59 Å². The highest BCUT2D eigenvalue weighted by Crippen LogP contribution is 2.34. The maximum atomic E-state index is 12.5. The van der Waals surface area contributed by atoms with Gasteiger partial charge in [0.2, 0.25) is 5.91 Å². The van der Waals surface area contributed by atoms with Crippen LogP contribution in [-0.4, -0.2) is 51.7 Å². The zero-order valence-corrected chi connectivity index (χ0v) is 18.3. The number of aryl methyl sites for hydroxylation is 2. The van der Waals surface area contributed by atoms with Crippen LogP contribution in [0.15, 0.2) is 4.79 Å². The zero-order valence-electron chi connectivity index (χ0n) is 16.7. The topological polar surface area (TPSA) is 78.1 Å². The van der Waals surface area contributed by atoms with Crippen molar-refractivity contribution >= 4 is 39.2 Å². The highest BCUT2D eigenvalue weighted by atomic mass is 32.2. The first-order valence-corrected chi connectivity index (χ1v) is 12.8. The number of amides is 1. The van der Waals surface area contributed by atoms with E-state index in [1.165, 1.54) is 23.3 Å². The Balaban J connectivity index is 1.07. The average molecular weight is 433 g/mol. The van der Waals surface area contributed by atoms with Crippen molar-refractivity contribution in [3.63, 3.8) is 0 Å². The number of likely N-dealkylation sites (tertiary alicyclic amines) is 1. The van der Waals surface area contributed by atoms with E-state index in [4.69, 9.17) is 0 Å². The van der Waals surface area contributed by atoms with Crippen LogP contribution in [0.2, 0.25) is 0 Å². The molecule has 1 amide bonds. The van der Waals surface area contributed by atoms with E-state index in [0.717, 1.165) is 73.0 Å². The lowest BCUT2D eigenvalue weighted by Gasteiger charge is -2.32. The minimum absolute atomic E-state index is 0.000262. The van der Waals surface area contributed by atoms with Gasteiger partial charge in [-0.2, -0.15) is 11.8 Å². The second-order valence-corrected chi connectivity index (χ2v) is 10.7. The van der Waals surface area contributed by atoms with Gasteiger partial charge in [0.1, 0.15) is 10.7 Å². The fourth-order valence-electron chi connectivity index (χ4n) is 4.60. The number of rotatable bonds is 7. The molecule has 0 spiro atoms. The first kappa shape index (κ1) is 19.6. The molecule has 8 heteroatoms. The molecule has 2 aromatic heterocycles. The molecule has 2 N–H and O–H groups in total. The van der Waals surface area contributed by atoms with Gasteiger partial charge in [-0.15, -0.1) is 11.3 Å². The SMILES string of the molecule is O=C(CCSCc1nc2sc3c(c2c(=O)[nH]1)CCC3)NC1CCN(C2CC2)CC1. The van der Waals surface area contributed by atoms with Crippen LogP contribution in [0.4, 0.5) is 0 Å². The van der Waals surface area contributed by atoms with E-state index >= 15 is 0 Å². The third-order valence-corrected chi connectivity index (χ3v) is 8.45. The van der Waals surface area contributed by atoms with Gasteiger partial charge >= 0.3 is 0 Å². The van der Waals surface area contributed by atoms with E-state index in [-0.39, 0.29) is 11.5 Å². The van der Waals surface area contributed by atoms with Gasteiger partial charge in [-0.25, -0.2) is 4.98 Å². The molecular weight excluding hydrogens is 404 g/mol. The van der Waals surface area contributed by atoms with Crippen LogP contribution >= 0.6 is 23.1 Å². The maximum absolute atomic E-state index is 12.5. The van der Waals surface area contributed by atoms with Crippen molar-refractivity contribution in [1.29, 1.82) is 0 Å². The number of hydrogen-bond acceptors (Lipinski definition) is 6. The molecule has 0 aromatic carbocycles. The number of hydrogen-bond donors (Lipinski definition) is 2. The van der Waals surface area contributed by atoms with E-state index in [2.05, 4.69) is 20.2 Å². The van der Waals surface area contributed by atoms with Crippen LogP contribution in [-0.2, 0) is 23.4 Å². The average Bonchev–Trinajstić information content (AvgIpc) is 3.35. The minimum Gasteiger partial charge on any atom is -0.353 e. The third-order valence-electron chi connectivity index (χ3n) is 6.29. The van der Waals surface area contributed by atoms with E-state index in [9.17, 15) is 9.59 Å². The lowest BCUT2D eigenvalue weighted by Crippen LogP contribution is -2.45. The molecule has 0 unspecified atom stereocenters. The quantitative estimate of drug-likeness (QED) is 0.658. The van der Waals surface area contributed by atoms with Crippen LogP contribution in [0.1, 0.15) is 54.8 Å². The zero-order chi connectivity index (χ0) is 19.8. The van der Waals surface area contributed by atoms with Crippen molar-refractivity contribution in [3.05, 3.63) is 26.6 Å². The minimum atomic E-state index is 0.000262. The number of aromatic nitrogens is 2. The van der Waals surface area contributed by atoms with Crippen molar-refractivity contribution in [3.8, 4) is 0 Å². The number of nitrogens with zero attached hydrogens (tertiary/aromatic N) is 2. The molecule has 2 aromatic rings. The van der Waals surface area contributed by atoms with Crippen LogP contribution in [0.3, 0.4) is 0 Å². The van der Waals surface area contributed by atoms with Crippen molar-refractivity contribution < 1.29 is 4.79 Å². The number of carbonyl (C=O) groups is 1. The number of H-pyrrole nitrogens is 1. The van der Waals surface area contributed by atoms with Gasteiger partial charge in [0.15, 0.2) is 0 Å².